The maximum absolute atomic E-state index is 13.6. The molecule has 4 aromatic rings. The lowest BCUT2D eigenvalue weighted by atomic mass is 9.98. The van der Waals surface area contributed by atoms with Gasteiger partial charge in [-0.25, -0.2) is 0 Å². The van der Waals surface area contributed by atoms with E-state index in [1.807, 2.05) is 36.0 Å². The highest BCUT2D eigenvalue weighted by molar-refractivity contribution is 7.99. The molecule has 154 valence electrons. The summed E-state index contributed by atoms with van der Waals surface area (Å²) in [4.78, 5) is 14.0. The van der Waals surface area contributed by atoms with E-state index in [9.17, 15) is 18.0 Å². The first kappa shape index (κ1) is 20.2. The van der Waals surface area contributed by atoms with E-state index >= 15 is 0 Å². The van der Waals surface area contributed by atoms with Crippen molar-refractivity contribution >= 4 is 28.4 Å². The molecule has 9 heteroatoms. The van der Waals surface area contributed by atoms with Crippen LogP contribution in [-0.4, -0.2) is 31.3 Å². The summed E-state index contributed by atoms with van der Waals surface area (Å²) in [6, 6.07) is 11.3. The number of hydrogen-bond acceptors (Lipinski definition) is 4. The molecule has 0 atom stereocenters. The Bertz CT molecular complexity index is 1240. The maximum Gasteiger partial charge on any atom is 0.416 e. The summed E-state index contributed by atoms with van der Waals surface area (Å²) >= 11 is 1.15. The Balaban J connectivity index is 1.78. The first-order valence-electron chi connectivity index (χ1n) is 9.04. The summed E-state index contributed by atoms with van der Waals surface area (Å²) in [5, 5.41) is 9.21. The molecule has 0 aliphatic carbocycles. The van der Waals surface area contributed by atoms with Gasteiger partial charge in [-0.05, 0) is 54.4 Å². The third-order valence-electron chi connectivity index (χ3n) is 4.63. The van der Waals surface area contributed by atoms with Crippen LogP contribution in [-0.2, 0) is 18.0 Å². The zero-order valence-corrected chi connectivity index (χ0v) is 16.9. The number of H-pyrrole nitrogens is 1. The second kappa shape index (κ2) is 7.64. The van der Waals surface area contributed by atoms with E-state index < -0.39 is 11.7 Å². The molecular weight excluding hydrogens is 413 g/mol. The molecule has 0 fully saturated rings. The van der Waals surface area contributed by atoms with Gasteiger partial charge in [0.25, 0.3) is 0 Å². The van der Waals surface area contributed by atoms with E-state index in [1.54, 1.807) is 12.1 Å². The number of alkyl halides is 3. The number of fused-ring (bicyclic) bond motifs is 1. The van der Waals surface area contributed by atoms with E-state index in [0.717, 1.165) is 34.8 Å². The van der Waals surface area contributed by atoms with Gasteiger partial charge in [-0.1, -0.05) is 17.8 Å². The van der Waals surface area contributed by atoms with Crippen LogP contribution < -0.4 is 0 Å². The molecule has 0 bridgehead atoms. The molecule has 0 aliphatic rings. The van der Waals surface area contributed by atoms with Crippen LogP contribution in [0.5, 0.6) is 0 Å². The van der Waals surface area contributed by atoms with Gasteiger partial charge in [0.05, 0.1) is 11.3 Å². The molecular formula is C21H17F3N4OS. The third-order valence-corrected chi connectivity index (χ3v) is 5.64. The first-order valence-corrected chi connectivity index (χ1v) is 10.0. The molecule has 0 saturated carbocycles. The van der Waals surface area contributed by atoms with Crippen molar-refractivity contribution < 1.29 is 18.0 Å². The number of nitrogens with one attached hydrogen (secondary N) is 1. The van der Waals surface area contributed by atoms with Crippen molar-refractivity contribution in [2.24, 2.45) is 7.05 Å². The van der Waals surface area contributed by atoms with Gasteiger partial charge in [0.15, 0.2) is 11.0 Å². The molecule has 1 N–H and O–H groups in total. The highest BCUT2D eigenvalue weighted by atomic mass is 32.2. The van der Waals surface area contributed by atoms with Gasteiger partial charge >= 0.3 is 6.18 Å². The van der Waals surface area contributed by atoms with E-state index in [4.69, 9.17) is 0 Å². The molecule has 5 nitrogen and oxygen atoms in total. The van der Waals surface area contributed by atoms with Gasteiger partial charge in [0.2, 0.25) is 0 Å². The topological polar surface area (TPSA) is 63.6 Å². The Morgan fingerprint density at radius 1 is 1.07 bits per heavy atom. The Morgan fingerprint density at radius 2 is 1.83 bits per heavy atom. The smallest absolute Gasteiger partial charge is 0.351 e. The minimum atomic E-state index is -4.51. The summed E-state index contributed by atoms with van der Waals surface area (Å²) in [6.07, 6.45) is -2.60. The summed E-state index contributed by atoms with van der Waals surface area (Å²) in [5.41, 5.74) is 1.60. The minimum absolute atomic E-state index is 0.0318. The Hall–Kier alpha value is -3.07. The molecule has 2 heterocycles. The fourth-order valence-electron chi connectivity index (χ4n) is 3.17. The molecule has 0 spiro atoms. The largest absolute Gasteiger partial charge is 0.416 e. The average molecular weight is 430 g/mol. The fourth-order valence-corrected chi connectivity index (χ4v) is 3.77. The van der Waals surface area contributed by atoms with Crippen LogP contribution in [0.4, 0.5) is 13.2 Å². The predicted molar refractivity (Wildman–Crippen MR) is 110 cm³/mol. The summed E-state index contributed by atoms with van der Waals surface area (Å²) in [6.45, 7) is 1.45. The second-order valence-corrected chi connectivity index (χ2v) is 7.93. The number of carbonyl (C=O) groups is 1. The van der Waals surface area contributed by atoms with Gasteiger partial charge in [-0.15, -0.1) is 10.2 Å². The van der Waals surface area contributed by atoms with Gasteiger partial charge in [0.1, 0.15) is 5.78 Å². The highest BCUT2D eigenvalue weighted by Gasteiger charge is 2.31. The number of halogens is 3. The molecule has 2 aromatic carbocycles. The number of benzene rings is 2. The van der Waals surface area contributed by atoms with Gasteiger partial charge < -0.3 is 9.55 Å². The number of Topliss-reactive ketones (excluding diaryl/α,β-unsaturated/α-hetero) is 1. The van der Waals surface area contributed by atoms with Gasteiger partial charge in [0, 0.05) is 29.7 Å². The van der Waals surface area contributed by atoms with Crippen molar-refractivity contribution in [1.82, 2.24) is 19.7 Å². The monoisotopic (exact) mass is 430 g/mol. The van der Waals surface area contributed by atoms with Crippen molar-refractivity contribution in [1.29, 1.82) is 0 Å². The van der Waals surface area contributed by atoms with Crippen LogP contribution >= 0.6 is 11.8 Å². The molecule has 2 aromatic heterocycles. The Morgan fingerprint density at radius 3 is 2.57 bits per heavy atom. The van der Waals surface area contributed by atoms with Crippen LogP contribution in [0.1, 0.15) is 12.5 Å². The standard InChI is InChI=1S/C21H17F3N4OS/c1-12(29)11-30-20-25-19(26-27-20)16-8-15(9-17(10-16)21(22,23)24)13-3-4-18-14(7-13)5-6-28(18)2/h3-10H,11H2,1-2H3,(H,25,26,27). The molecule has 0 saturated heterocycles. The number of aryl methyl sites for hydroxylation is 1. The lowest BCUT2D eigenvalue weighted by molar-refractivity contribution is -0.137. The Kier molecular flexibility index (Phi) is 5.15. The number of nitrogens with zero attached hydrogens (tertiary/aromatic N) is 3. The number of hydrogen-bond donors (Lipinski definition) is 1. The highest BCUT2D eigenvalue weighted by Crippen LogP contribution is 2.36. The van der Waals surface area contributed by atoms with Crippen LogP contribution in [0.3, 0.4) is 0 Å². The van der Waals surface area contributed by atoms with Crippen molar-refractivity contribution in [3.05, 3.63) is 54.2 Å². The lowest BCUT2D eigenvalue weighted by Gasteiger charge is -2.12. The van der Waals surface area contributed by atoms with Crippen molar-refractivity contribution in [3.8, 4) is 22.5 Å². The number of carbonyl (C=O) groups excluding carboxylic acids is 1. The average Bonchev–Trinajstić information content (AvgIpc) is 3.32. The molecule has 0 amide bonds. The molecule has 4 rings (SSSR count). The molecule has 0 unspecified atom stereocenters. The van der Waals surface area contributed by atoms with Gasteiger partial charge in [-0.2, -0.15) is 13.2 Å². The van der Waals surface area contributed by atoms with Gasteiger partial charge in [-0.3, -0.25) is 4.79 Å². The number of aromatic amines is 1. The predicted octanol–water partition coefficient (Wildman–Crippen LogP) is 5.33. The summed E-state index contributed by atoms with van der Waals surface area (Å²) in [5.74, 6) is 0.393. The number of aromatic nitrogens is 4. The van der Waals surface area contributed by atoms with Crippen LogP contribution in [0.15, 0.2) is 53.8 Å². The maximum atomic E-state index is 13.6. The normalized spacial score (nSPS) is 11.9. The van der Waals surface area contributed by atoms with Crippen molar-refractivity contribution in [2.45, 2.75) is 18.3 Å². The second-order valence-electron chi connectivity index (χ2n) is 6.97. The summed E-state index contributed by atoms with van der Waals surface area (Å²) in [7, 11) is 1.91. The van der Waals surface area contributed by atoms with Crippen molar-refractivity contribution in [3.63, 3.8) is 0 Å². The quantitative estimate of drug-likeness (QED) is 0.435. The molecule has 30 heavy (non-hydrogen) atoms. The number of thioether (sulfide) groups is 1. The number of rotatable bonds is 5. The SMILES string of the molecule is CC(=O)CSc1nnc(-c2cc(-c3ccc4c(ccn4C)c3)cc(C(F)(F)F)c2)[nH]1. The molecule has 0 radical (unpaired) electrons. The third kappa shape index (κ3) is 4.11. The fraction of sp³-hybridized carbons (Fsp3) is 0.190. The van der Waals surface area contributed by atoms with Crippen LogP contribution in [0.2, 0.25) is 0 Å². The number of ketones is 1. The zero-order chi connectivity index (χ0) is 21.5. The Labute approximate surface area is 174 Å². The van der Waals surface area contributed by atoms with E-state index in [-0.39, 0.29) is 22.9 Å². The molecule has 0 aliphatic heterocycles. The lowest BCUT2D eigenvalue weighted by Crippen LogP contribution is -2.05. The van der Waals surface area contributed by atoms with Crippen LogP contribution in [0, 0.1) is 0 Å². The van der Waals surface area contributed by atoms with E-state index in [2.05, 4.69) is 15.2 Å². The first-order chi connectivity index (χ1) is 14.2. The van der Waals surface area contributed by atoms with Crippen LogP contribution in [0.25, 0.3) is 33.4 Å². The summed E-state index contributed by atoms with van der Waals surface area (Å²) < 4.78 is 42.6. The zero-order valence-electron chi connectivity index (χ0n) is 16.1. The van der Waals surface area contributed by atoms with E-state index in [0.29, 0.717) is 16.3 Å². The minimum Gasteiger partial charge on any atom is -0.351 e. The van der Waals surface area contributed by atoms with E-state index in [1.165, 1.54) is 6.92 Å². The van der Waals surface area contributed by atoms with Crippen molar-refractivity contribution in [2.75, 3.05) is 5.75 Å².